The number of methoxy groups -OCH3 is 3. The molecule has 0 spiro atoms. The number of aliphatic imine (C=N–C) groups is 1. The Morgan fingerprint density at radius 3 is 2.54 bits per heavy atom. The second kappa shape index (κ2) is 13.7. The molecule has 0 amide bonds. The summed E-state index contributed by atoms with van der Waals surface area (Å²) >= 11 is 0. The Labute approximate surface area is 184 Å². The monoisotopic (exact) mass is 509 g/mol. The highest BCUT2D eigenvalue weighted by atomic mass is 127. The number of nitrogens with zero attached hydrogens (tertiary/aromatic N) is 1. The van der Waals surface area contributed by atoms with Gasteiger partial charge in [-0.3, -0.25) is 4.99 Å². The summed E-state index contributed by atoms with van der Waals surface area (Å²) in [4.78, 5) is 4.25. The Kier molecular flexibility index (Phi) is 12.0. The van der Waals surface area contributed by atoms with Gasteiger partial charge in [0.05, 0.1) is 34.0 Å². The third-order valence-electron chi connectivity index (χ3n) is 4.31. The van der Waals surface area contributed by atoms with Crippen LogP contribution >= 0.6 is 24.0 Å². The maximum absolute atomic E-state index is 5.76. The molecule has 1 atom stereocenters. The lowest BCUT2D eigenvalue weighted by Crippen LogP contribution is -2.37. The van der Waals surface area contributed by atoms with Crippen LogP contribution in [0.1, 0.15) is 18.4 Å². The zero-order valence-electron chi connectivity index (χ0n) is 17.1. The number of rotatable bonds is 10. The average Bonchev–Trinajstić information content (AvgIpc) is 3.22. The lowest BCUT2D eigenvalue weighted by atomic mass is 10.1. The normalized spacial score (nSPS) is 16.3. The minimum Gasteiger partial charge on any atom is -0.493 e. The first-order valence-electron chi connectivity index (χ1n) is 9.15. The summed E-state index contributed by atoms with van der Waals surface area (Å²) in [5.74, 6) is 2.58. The highest BCUT2D eigenvalue weighted by molar-refractivity contribution is 14.0. The van der Waals surface area contributed by atoms with Crippen molar-refractivity contribution in [2.45, 2.75) is 25.5 Å². The Bertz CT molecular complexity index is 609. The van der Waals surface area contributed by atoms with E-state index in [2.05, 4.69) is 15.6 Å². The van der Waals surface area contributed by atoms with Gasteiger partial charge in [-0.05, 0) is 25.0 Å². The van der Waals surface area contributed by atoms with Gasteiger partial charge in [0.2, 0.25) is 5.75 Å². The number of hydrogen-bond acceptors (Lipinski definition) is 6. The SMILES string of the molecule is CN=C(NCCCOC1CCOC1)NCc1ccc(OC)c(OC)c1OC.I. The molecule has 8 nitrogen and oxygen atoms in total. The van der Waals surface area contributed by atoms with E-state index in [0.717, 1.165) is 37.5 Å². The standard InChI is InChI=1S/C19H31N3O5.HI/c1-20-19(21-9-5-10-27-15-8-11-26-13-15)22-12-14-6-7-16(23-2)18(25-4)17(14)24-3;/h6-7,15H,5,8-13H2,1-4H3,(H2,20,21,22);1H. The van der Waals surface area contributed by atoms with Crippen LogP contribution < -0.4 is 24.8 Å². The van der Waals surface area contributed by atoms with Crippen molar-refractivity contribution in [1.29, 1.82) is 0 Å². The molecule has 1 unspecified atom stereocenters. The molecule has 160 valence electrons. The fourth-order valence-electron chi connectivity index (χ4n) is 2.88. The van der Waals surface area contributed by atoms with E-state index >= 15 is 0 Å². The maximum Gasteiger partial charge on any atom is 0.203 e. The highest BCUT2D eigenvalue weighted by Gasteiger charge is 2.16. The van der Waals surface area contributed by atoms with Gasteiger partial charge in [0, 0.05) is 38.9 Å². The van der Waals surface area contributed by atoms with Crippen molar-refractivity contribution in [1.82, 2.24) is 10.6 Å². The summed E-state index contributed by atoms with van der Waals surface area (Å²) in [6, 6.07) is 3.80. The van der Waals surface area contributed by atoms with Gasteiger partial charge in [-0.25, -0.2) is 0 Å². The lowest BCUT2D eigenvalue weighted by Gasteiger charge is -2.17. The van der Waals surface area contributed by atoms with E-state index in [9.17, 15) is 0 Å². The van der Waals surface area contributed by atoms with Crippen LogP contribution in [0.15, 0.2) is 17.1 Å². The summed E-state index contributed by atoms with van der Waals surface area (Å²) in [5.41, 5.74) is 0.947. The van der Waals surface area contributed by atoms with E-state index in [1.807, 2.05) is 12.1 Å². The van der Waals surface area contributed by atoms with Crippen molar-refractivity contribution in [3.63, 3.8) is 0 Å². The summed E-state index contributed by atoms with van der Waals surface area (Å²) in [6.45, 7) is 3.54. The predicted molar refractivity (Wildman–Crippen MR) is 120 cm³/mol. The molecule has 1 aliphatic rings. The molecular formula is C19H32IN3O5. The van der Waals surface area contributed by atoms with E-state index in [4.69, 9.17) is 23.7 Å². The van der Waals surface area contributed by atoms with Crippen molar-refractivity contribution < 1.29 is 23.7 Å². The van der Waals surface area contributed by atoms with Crippen molar-refractivity contribution in [3.05, 3.63) is 17.7 Å². The maximum atomic E-state index is 5.76. The molecule has 2 N–H and O–H groups in total. The summed E-state index contributed by atoms with van der Waals surface area (Å²) in [7, 11) is 6.55. The van der Waals surface area contributed by atoms with Gasteiger partial charge in [0.25, 0.3) is 0 Å². The Hall–Kier alpha value is -1.46. The van der Waals surface area contributed by atoms with E-state index in [-0.39, 0.29) is 30.1 Å². The van der Waals surface area contributed by atoms with Gasteiger partial charge in [-0.15, -0.1) is 24.0 Å². The molecule has 0 aromatic heterocycles. The largest absolute Gasteiger partial charge is 0.493 e. The topological polar surface area (TPSA) is 82.6 Å². The molecule has 1 heterocycles. The highest BCUT2D eigenvalue weighted by Crippen LogP contribution is 2.39. The molecule has 0 bridgehead atoms. The minimum absolute atomic E-state index is 0. The van der Waals surface area contributed by atoms with Crippen LogP contribution in [0.4, 0.5) is 0 Å². The molecule has 1 aromatic carbocycles. The first kappa shape index (κ1) is 24.6. The average molecular weight is 509 g/mol. The van der Waals surface area contributed by atoms with Crippen LogP contribution in [-0.2, 0) is 16.0 Å². The molecule has 1 aromatic rings. The number of hydrogen-bond donors (Lipinski definition) is 2. The van der Waals surface area contributed by atoms with Crippen molar-refractivity contribution in [2.24, 2.45) is 4.99 Å². The van der Waals surface area contributed by atoms with Crippen molar-refractivity contribution in [2.75, 3.05) is 54.7 Å². The van der Waals surface area contributed by atoms with Crippen molar-refractivity contribution >= 4 is 29.9 Å². The zero-order chi connectivity index (χ0) is 19.5. The van der Waals surface area contributed by atoms with E-state index < -0.39 is 0 Å². The molecule has 2 rings (SSSR count). The van der Waals surface area contributed by atoms with Gasteiger partial charge in [-0.2, -0.15) is 0 Å². The third kappa shape index (κ3) is 7.17. The smallest absolute Gasteiger partial charge is 0.203 e. The van der Waals surface area contributed by atoms with Gasteiger partial charge < -0.3 is 34.3 Å². The Morgan fingerprint density at radius 1 is 1.14 bits per heavy atom. The van der Waals surface area contributed by atoms with Crippen LogP contribution in [0.5, 0.6) is 17.2 Å². The number of halogens is 1. The fourth-order valence-corrected chi connectivity index (χ4v) is 2.88. The molecule has 1 saturated heterocycles. The van der Waals surface area contributed by atoms with Crippen LogP contribution in [0.3, 0.4) is 0 Å². The van der Waals surface area contributed by atoms with Crippen molar-refractivity contribution in [3.8, 4) is 17.2 Å². The molecule has 9 heteroatoms. The summed E-state index contributed by atoms with van der Waals surface area (Å²) in [5, 5.41) is 6.57. The minimum atomic E-state index is 0. The molecule has 0 saturated carbocycles. The molecular weight excluding hydrogens is 477 g/mol. The number of guanidine groups is 1. The lowest BCUT2D eigenvalue weighted by molar-refractivity contribution is 0.0420. The number of benzene rings is 1. The number of ether oxygens (including phenoxy) is 5. The Balaban J connectivity index is 0.00000392. The Morgan fingerprint density at radius 2 is 1.93 bits per heavy atom. The summed E-state index contributed by atoms with van der Waals surface area (Å²) < 4.78 is 27.3. The fraction of sp³-hybridized carbons (Fsp3) is 0.632. The van der Waals surface area contributed by atoms with Crippen LogP contribution in [-0.4, -0.2) is 66.8 Å². The first-order chi connectivity index (χ1) is 13.2. The van der Waals surface area contributed by atoms with Gasteiger partial charge in [-0.1, -0.05) is 0 Å². The molecule has 0 aliphatic carbocycles. The predicted octanol–water partition coefficient (Wildman–Crippen LogP) is 2.19. The summed E-state index contributed by atoms with van der Waals surface area (Å²) in [6.07, 6.45) is 2.14. The zero-order valence-corrected chi connectivity index (χ0v) is 19.4. The van der Waals surface area contributed by atoms with E-state index in [1.165, 1.54) is 0 Å². The van der Waals surface area contributed by atoms with Gasteiger partial charge >= 0.3 is 0 Å². The van der Waals surface area contributed by atoms with Crippen LogP contribution in [0.25, 0.3) is 0 Å². The van der Waals surface area contributed by atoms with E-state index in [1.54, 1.807) is 28.4 Å². The second-order valence-corrected chi connectivity index (χ2v) is 6.06. The molecule has 0 radical (unpaired) electrons. The molecule has 1 fully saturated rings. The number of nitrogens with one attached hydrogen (secondary N) is 2. The van der Waals surface area contributed by atoms with Crippen LogP contribution in [0.2, 0.25) is 0 Å². The molecule has 28 heavy (non-hydrogen) atoms. The second-order valence-electron chi connectivity index (χ2n) is 6.06. The van der Waals surface area contributed by atoms with Gasteiger partial charge in [0.1, 0.15) is 0 Å². The van der Waals surface area contributed by atoms with Crippen LogP contribution in [0, 0.1) is 0 Å². The molecule has 1 aliphatic heterocycles. The third-order valence-corrected chi connectivity index (χ3v) is 4.31. The first-order valence-corrected chi connectivity index (χ1v) is 9.15. The van der Waals surface area contributed by atoms with E-state index in [0.29, 0.717) is 37.0 Å². The quantitative estimate of drug-likeness (QED) is 0.217. The van der Waals surface area contributed by atoms with Gasteiger partial charge in [0.15, 0.2) is 17.5 Å².